The number of aryl methyl sites for hydroxylation is 3. The van der Waals surface area contributed by atoms with Crippen LogP contribution in [0.1, 0.15) is 60.3 Å². The molecule has 3 heteroatoms. The molecule has 0 bridgehead atoms. The molecule has 1 fully saturated rings. The Kier molecular flexibility index (Phi) is 4.67. The van der Waals surface area contributed by atoms with Crippen molar-refractivity contribution in [1.82, 2.24) is 0 Å². The van der Waals surface area contributed by atoms with E-state index in [9.17, 15) is 9.90 Å². The molecule has 1 saturated carbocycles. The summed E-state index contributed by atoms with van der Waals surface area (Å²) in [5, 5.41) is 9.19. The lowest BCUT2D eigenvalue weighted by Crippen LogP contribution is -2.28. The van der Waals surface area contributed by atoms with Gasteiger partial charge in [-0.05, 0) is 56.6 Å². The molecule has 1 aliphatic carbocycles. The number of carboxylic acids is 1. The van der Waals surface area contributed by atoms with Crippen LogP contribution in [-0.2, 0) is 11.2 Å². The second kappa shape index (κ2) is 6.08. The first kappa shape index (κ1) is 14.6. The van der Waals surface area contributed by atoms with E-state index in [1.165, 1.54) is 34.6 Å². The zero-order chi connectivity index (χ0) is 13.9. The van der Waals surface area contributed by atoms with Gasteiger partial charge in [0.2, 0.25) is 0 Å². The first-order chi connectivity index (χ1) is 9.01. The quantitative estimate of drug-likeness (QED) is 0.847. The van der Waals surface area contributed by atoms with E-state index in [0.717, 1.165) is 25.7 Å². The molecule has 0 atom stereocenters. The molecule has 0 saturated heterocycles. The number of rotatable bonds is 5. The van der Waals surface area contributed by atoms with E-state index in [2.05, 4.69) is 19.9 Å². The van der Waals surface area contributed by atoms with Gasteiger partial charge in [0.05, 0.1) is 6.42 Å². The van der Waals surface area contributed by atoms with Gasteiger partial charge in [0.1, 0.15) is 0 Å². The fraction of sp³-hybridized carbons (Fsp3) is 0.688. The first-order valence-corrected chi connectivity index (χ1v) is 8.10. The second-order valence-corrected chi connectivity index (χ2v) is 7.44. The Labute approximate surface area is 119 Å². The van der Waals surface area contributed by atoms with Crippen molar-refractivity contribution >= 4 is 17.3 Å². The van der Waals surface area contributed by atoms with Gasteiger partial charge in [-0.2, -0.15) is 0 Å². The Hall–Kier alpha value is -0.830. The van der Waals surface area contributed by atoms with Crippen LogP contribution in [0.2, 0.25) is 0 Å². The topological polar surface area (TPSA) is 37.3 Å². The van der Waals surface area contributed by atoms with Crippen molar-refractivity contribution in [3.8, 4) is 0 Å². The van der Waals surface area contributed by atoms with Crippen LogP contribution in [0.3, 0.4) is 0 Å². The molecule has 19 heavy (non-hydrogen) atoms. The summed E-state index contributed by atoms with van der Waals surface area (Å²) in [6.45, 7) is 4.32. The fourth-order valence-corrected chi connectivity index (χ4v) is 4.50. The van der Waals surface area contributed by atoms with Gasteiger partial charge in [-0.1, -0.05) is 19.3 Å². The third-order valence-corrected chi connectivity index (χ3v) is 5.68. The highest BCUT2D eigenvalue weighted by molar-refractivity contribution is 7.12. The monoisotopic (exact) mass is 280 g/mol. The van der Waals surface area contributed by atoms with Gasteiger partial charge >= 0.3 is 5.97 Å². The maximum Gasteiger partial charge on any atom is 0.303 e. The minimum Gasteiger partial charge on any atom is -0.481 e. The lowest BCUT2D eigenvalue weighted by molar-refractivity contribution is -0.140. The molecule has 0 spiro atoms. The lowest BCUT2D eigenvalue weighted by atomic mass is 9.69. The van der Waals surface area contributed by atoms with Gasteiger partial charge in [-0.25, -0.2) is 0 Å². The Bertz CT molecular complexity index is 442. The van der Waals surface area contributed by atoms with Crippen molar-refractivity contribution in [2.75, 3.05) is 0 Å². The molecule has 1 N–H and O–H groups in total. The molecular formula is C16H24O2S. The minimum atomic E-state index is -0.624. The summed E-state index contributed by atoms with van der Waals surface area (Å²) in [5.41, 5.74) is 1.44. The van der Waals surface area contributed by atoms with Gasteiger partial charge in [0.15, 0.2) is 0 Å². The first-order valence-electron chi connectivity index (χ1n) is 7.28. The molecule has 1 heterocycles. The normalized spacial score (nSPS) is 18.4. The summed E-state index contributed by atoms with van der Waals surface area (Å²) in [7, 11) is 0. The summed E-state index contributed by atoms with van der Waals surface area (Å²) in [6.07, 6.45) is 8.34. The summed E-state index contributed by atoms with van der Waals surface area (Å²) >= 11 is 1.87. The number of thiophene rings is 1. The van der Waals surface area contributed by atoms with Crippen LogP contribution >= 0.6 is 11.3 Å². The van der Waals surface area contributed by atoms with Crippen molar-refractivity contribution in [3.63, 3.8) is 0 Å². The van der Waals surface area contributed by atoms with Crippen LogP contribution in [0.15, 0.2) is 6.07 Å². The maximum absolute atomic E-state index is 11.2. The van der Waals surface area contributed by atoms with Crippen molar-refractivity contribution in [1.29, 1.82) is 0 Å². The van der Waals surface area contributed by atoms with Crippen LogP contribution in [0.25, 0.3) is 0 Å². The van der Waals surface area contributed by atoms with Gasteiger partial charge in [0.25, 0.3) is 0 Å². The highest BCUT2D eigenvalue weighted by Crippen LogP contribution is 2.43. The van der Waals surface area contributed by atoms with E-state index in [1.54, 1.807) is 0 Å². The zero-order valence-electron chi connectivity index (χ0n) is 12.0. The van der Waals surface area contributed by atoms with E-state index in [4.69, 9.17) is 0 Å². The van der Waals surface area contributed by atoms with Gasteiger partial charge in [-0.3, -0.25) is 4.79 Å². The van der Waals surface area contributed by atoms with Gasteiger partial charge < -0.3 is 5.11 Å². The highest BCUT2D eigenvalue weighted by Gasteiger charge is 2.34. The average Bonchev–Trinajstić information content (AvgIpc) is 2.66. The number of hydrogen-bond donors (Lipinski definition) is 1. The molecule has 0 amide bonds. The Morgan fingerprint density at radius 2 is 2.00 bits per heavy atom. The zero-order valence-corrected chi connectivity index (χ0v) is 12.8. The average molecular weight is 280 g/mol. The third kappa shape index (κ3) is 3.82. The summed E-state index contributed by atoms with van der Waals surface area (Å²) in [4.78, 5) is 14.0. The molecular weight excluding hydrogens is 256 g/mol. The summed E-state index contributed by atoms with van der Waals surface area (Å²) in [5.74, 6) is -0.624. The Morgan fingerprint density at radius 3 is 2.53 bits per heavy atom. The molecule has 1 aromatic rings. The predicted molar refractivity (Wildman–Crippen MR) is 79.9 cm³/mol. The van der Waals surface area contributed by atoms with E-state index >= 15 is 0 Å². The van der Waals surface area contributed by atoms with E-state index in [-0.39, 0.29) is 5.41 Å². The van der Waals surface area contributed by atoms with Crippen molar-refractivity contribution in [3.05, 3.63) is 21.4 Å². The van der Waals surface area contributed by atoms with Crippen LogP contribution in [0.4, 0.5) is 0 Å². The molecule has 106 valence electrons. The largest absolute Gasteiger partial charge is 0.481 e. The van der Waals surface area contributed by atoms with Crippen LogP contribution in [-0.4, -0.2) is 11.1 Å². The van der Waals surface area contributed by atoms with Crippen LogP contribution < -0.4 is 0 Å². The second-order valence-electron chi connectivity index (χ2n) is 6.09. The molecule has 2 rings (SSSR count). The van der Waals surface area contributed by atoms with Gasteiger partial charge in [-0.15, -0.1) is 11.3 Å². The highest BCUT2D eigenvalue weighted by atomic mass is 32.1. The molecule has 0 unspecified atom stereocenters. The predicted octanol–water partition coefficient (Wildman–Crippen LogP) is 4.72. The minimum absolute atomic E-state index is 0.0639. The Balaban J connectivity index is 2.03. The summed E-state index contributed by atoms with van der Waals surface area (Å²) in [6, 6.07) is 2.24. The van der Waals surface area contributed by atoms with E-state index in [0.29, 0.717) is 6.42 Å². The molecule has 2 nitrogen and oxygen atoms in total. The van der Waals surface area contributed by atoms with Crippen LogP contribution in [0.5, 0.6) is 0 Å². The van der Waals surface area contributed by atoms with Crippen molar-refractivity contribution in [2.24, 2.45) is 5.41 Å². The molecule has 0 aromatic carbocycles. The smallest absolute Gasteiger partial charge is 0.303 e. The van der Waals surface area contributed by atoms with Crippen molar-refractivity contribution in [2.45, 2.75) is 65.2 Å². The number of aliphatic carboxylic acids is 1. The number of hydrogen-bond acceptors (Lipinski definition) is 2. The fourth-order valence-electron chi connectivity index (χ4n) is 3.45. The maximum atomic E-state index is 11.2. The molecule has 0 aliphatic heterocycles. The standard InChI is InChI=1S/C16H24O2S/c1-12-10-13(2)19-14(12)6-9-16(11-15(17)18)7-4-3-5-8-16/h10H,3-9,11H2,1-2H3,(H,17,18). The molecule has 1 aromatic heterocycles. The number of carbonyl (C=O) groups is 1. The SMILES string of the molecule is Cc1cc(C)c(CCC2(CC(=O)O)CCCCC2)s1. The van der Waals surface area contributed by atoms with Crippen LogP contribution in [0, 0.1) is 19.3 Å². The van der Waals surface area contributed by atoms with E-state index < -0.39 is 5.97 Å². The molecule has 0 radical (unpaired) electrons. The Morgan fingerprint density at radius 1 is 1.32 bits per heavy atom. The van der Waals surface area contributed by atoms with Crippen molar-refractivity contribution < 1.29 is 9.90 Å². The summed E-state index contributed by atoms with van der Waals surface area (Å²) < 4.78 is 0. The lowest BCUT2D eigenvalue weighted by Gasteiger charge is -2.36. The van der Waals surface area contributed by atoms with E-state index in [1.807, 2.05) is 11.3 Å². The molecule has 1 aliphatic rings. The van der Waals surface area contributed by atoms with Gasteiger partial charge in [0, 0.05) is 9.75 Å². The third-order valence-electron chi connectivity index (χ3n) is 4.47. The number of carboxylic acid groups (broad SMARTS) is 1.